The third-order valence-corrected chi connectivity index (χ3v) is 6.77. The van der Waals surface area contributed by atoms with Crippen molar-refractivity contribution in [3.05, 3.63) is 83.9 Å². The lowest BCUT2D eigenvalue weighted by molar-refractivity contribution is -0.128. The molecular weight excluding hydrogens is 432 g/mol. The topological polar surface area (TPSA) is 74.3 Å². The minimum Gasteiger partial charge on any atom is -0.336 e. The molecule has 1 atom stereocenters. The highest BCUT2D eigenvalue weighted by atomic mass is 32.1. The SMILES string of the molecule is Cc1ccc2nc(-c3ccc(NC(=O)NC4CC(=O)N(Cc5ccccc5)C4)cc3)sc2c1. The van der Waals surface area contributed by atoms with Crippen LogP contribution in [0, 0.1) is 6.92 Å². The standard InChI is InChI=1S/C26H24N4O2S/c1-17-7-12-22-23(13-17)33-25(29-22)19-8-10-20(11-9-19)27-26(32)28-21-14-24(31)30(16-21)15-18-5-3-2-4-6-18/h2-13,21H,14-16H2,1H3,(H2,27,28,32). The van der Waals surface area contributed by atoms with E-state index < -0.39 is 0 Å². The zero-order valence-corrected chi connectivity index (χ0v) is 19.1. The molecule has 1 aliphatic heterocycles. The van der Waals surface area contributed by atoms with E-state index in [1.54, 1.807) is 16.2 Å². The number of benzene rings is 3. The Morgan fingerprint density at radius 2 is 1.88 bits per heavy atom. The van der Waals surface area contributed by atoms with Gasteiger partial charge in [-0.1, -0.05) is 36.4 Å². The monoisotopic (exact) mass is 456 g/mol. The van der Waals surface area contributed by atoms with Gasteiger partial charge in [0, 0.05) is 30.8 Å². The Morgan fingerprint density at radius 3 is 2.67 bits per heavy atom. The van der Waals surface area contributed by atoms with Gasteiger partial charge in [-0.25, -0.2) is 9.78 Å². The van der Waals surface area contributed by atoms with Gasteiger partial charge in [0.2, 0.25) is 5.91 Å². The zero-order chi connectivity index (χ0) is 22.8. The molecule has 3 amide bonds. The van der Waals surface area contributed by atoms with Crippen LogP contribution in [0.3, 0.4) is 0 Å². The second kappa shape index (κ2) is 9.03. The molecule has 0 aliphatic carbocycles. The van der Waals surface area contributed by atoms with Crippen molar-refractivity contribution in [2.24, 2.45) is 0 Å². The third-order valence-electron chi connectivity index (χ3n) is 5.70. The van der Waals surface area contributed by atoms with E-state index in [1.807, 2.05) is 60.7 Å². The third kappa shape index (κ3) is 4.88. The van der Waals surface area contributed by atoms with Crippen molar-refractivity contribution < 1.29 is 9.59 Å². The molecule has 0 radical (unpaired) electrons. The first-order chi connectivity index (χ1) is 16.0. The number of rotatable bonds is 5. The second-order valence-electron chi connectivity index (χ2n) is 8.33. The Balaban J connectivity index is 1.17. The molecular formula is C26H24N4O2S. The van der Waals surface area contributed by atoms with E-state index in [0.29, 0.717) is 25.2 Å². The van der Waals surface area contributed by atoms with Crippen molar-refractivity contribution >= 4 is 39.2 Å². The number of nitrogens with zero attached hydrogens (tertiary/aromatic N) is 2. The number of amides is 3. The van der Waals surface area contributed by atoms with Crippen LogP contribution in [0.4, 0.5) is 10.5 Å². The molecule has 4 aromatic rings. The van der Waals surface area contributed by atoms with Gasteiger partial charge < -0.3 is 15.5 Å². The molecule has 1 aromatic heterocycles. The summed E-state index contributed by atoms with van der Waals surface area (Å²) in [5.41, 5.74) is 5.00. The van der Waals surface area contributed by atoms with Gasteiger partial charge in [-0.15, -0.1) is 11.3 Å². The van der Waals surface area contributed by atoms with Crippen molar-refractivity contribution in [2.45, 2.75) is 25.9 Å². The maximum Gasteiger partial charge on any atom is 0.319 e. The fourth-order valence-electron chi connectivity index (χ4n) is 4.03. The van der Waals surface area contributed by atoms with Gasteiger partial charge in [-0.05, 0) is 54.4 Å². The number of nitrogens with one attached hydrogen (secondary N) is 2. The van der Waals surface area contributed by atoms with E-state index in [2.05, 4.69) is 29.7 Å². The van der Waals surface area contributed by atoms with Crippen LogP contribution in [0.2, 0.25) is 0 Å². The van der Waals surface area contributed by atoms with E-state index in [-0.39, 0.29) is 18.0 Å². The highest BCUT2D eigenvalue weighted by Gasteiger charge is 2.30. The number of hydrogen-bond acceptors (Lipinski definition) is 4. The van der Waals surface area contributed by atoms with Crippen LogP contribution in [0.15, 0.2) is 72.8 Å². The lowest BCUT2D eigenvalue weighted by atomic mass is 10.2. The van der Waals surface area contributed by atoms with E-state index in [1.165, 1.54) is 10.3 Å². The van der Waals surface area contributed by atoms with Crippen LogP contribution in [-0.2, 0) is 11.3 Å². The molecule has 1 aliphatic rings. The molecule has 0 saturated carbocycles. The second-order valence-corrected chi connectivity index (χ2v) is 9.36. The molecule has 5 rings (SSSR count). The molecule has 2 N–H and O–H groups in total. The number of carbonyl (C=O) groups excluding carboxylic acids is 2. The Labute approximate surface area is 196 Å². The molecule has 7 heteroatoms. The Hall–Kier alpha value is -3.71. The molecule has 3 aromatic carbocycles. The average Bonchev–Trinajstić information content (AvgIpc) is 3.37. The summed E-state index contributed by atoms with van der Waals surface area (Å²) in [7, 11) is 0. The van der Waals surface area contributed by atoms with Crippen molar-refractivity contribution in [2.75, 3.05) is 11.9 Å². The summed E-state index contributed by atoms with van der Waals surface area (Å²) in [6.07, 6.45) is 0.316. The van der Waals surface area contributed by atoms with E-state index in [9.17, 15) is 9.59 Å². The molecule has 2 heterocycles. The van der Waals surface area contributed by atoms with Gasteiger partial charge in [0.1, 0.15) is 5.01 Å². The number of carbonyl (C=O) groups is 2. The van der Waals surface area contributed by atoms with Crippen LogP contribution in [0.1, 0.15) is 17.5 Å². The Kier molecular flexibility index (Phi) is 5.79. The number of aromatic nitrogens is 1. The summed E-state index contributed by atoms with van der Waals surface area (Å²) in [5.74, 6) is 0.0551. The molecule has 166 valence electrons. The fourth-order valence-corrected chi connectivity index (χ4v) is 5.10. The van der Waals surface area contributed by atoms with E-state index >= 15 is 0 Å². The Morgan fingerprint density at radius 1 is 1.09 bits per heavy atom. The minimum absolute atomic E-state index is 0.0551. The maximum absolute atomic E-state index is 12.5. The zero-order valence-electron chi connectivity index (χ0n) is 18.2. The minimum atomic E-state index is -0.308. The fraction of sp³-hybridized carbons (Fsp3) is 0.192. The highest BCUT2D eigenvalue weighted by molar-refractivity contribution is 7.21. The van der Waals surface area contributed by atoms with Crippen molar-refractivity contribution in [1.82, 2.24) is 15.2 Å². The molecule has 0 spiro atoms. The normalized spacial score (nSPS) is 15.7. The van der Waals surface area contributed by atoms with Crippen LogP contribution in [0.25, 0.3) is 20.8 Å². The van der Waals surface area contributed by atoms with Gasteiger partial charge in [0.05, 0.1) is 16.3 Å². The maximum atomic E-state index is 12.5. The van der Waals surface area contributed by atoms with Crippen molar-refractivity contribution in [1.29, 1.82) is 0 Å². The highest BCUT2D eigenvalue weighted by Crippen LogP contribution is 2.31. The molecule has 1 unspecified atom stereocenters. The first-order valence-corrected chi connectivity index (χ1v) is 11.7. The number of thiazole rings is 1. The lowest BCUT2D eigenvalue weighted by Crippen LogP contribution is -2.39. The first-order valence-electron chi connectivity index (χ1n) is 10.9. The summed E-state index contributed by atoms with van der Waals surface area (Å²) in [6, 6.07) is 23.3. The largest absolute Gasteiger partial charge is 0.336 e. The summed E-state index contributed by atoms with van der Waals surface area (Å²) in [4.78, 5) is 31.3. The summed E-state index contributed by atoms with van der Waals surface area (Å²) >= 11 is 1.66. The summed E-state index contributed by atoms with van der Waals surface area (Å²) < 4.78 is 1.17. The number of hydrogen-bond donors (Lipinski definition) is 2. The lowest BCUT2D eigenvalue weighted by Gasteiger charge is -2.17. The van der Waals surface area contributed by atoms with Crippen LogP contribution < -0.4 is 10.6 Å². The first kappa shape index (κ1) is 21.2. The van der Waals surface area contributed by atoms with Gasteiger partial charge >= 0.3 is 6.03 Å². The van der Waals surface area contributed by atoms with Crippen LogP contribution in [-0.4, -0.2) is 34.4 Å². The molecule has 6 nitrogen and oxygen atoms in total. The predicted octanol–water partition coefficient (Wildman–Crippen LogP) is 5.19. The quantitative estimate of drug-likeness (QED) is 0.434. The van der Waals surface area contributed by atoms with Crippen molar-refractivity contribution in [3.8, 4) is 10.6 Å². The predicted molar refractivity (Wildman–Crippen MR) is 132 cm³/mol. The number of likely N-dealkylation sites (tertiary alicyclic amines) is 1. The van der Waals surface area contributed by atoms with Gasteiger partial charge in [0.25, 0.3) is 0 Å². The number of anilines is 1. The number of fused-ring (bicyclic) bond motifs is 1. The number of urea groups is 1. The van der Waals surface area contributed by atoms with Gasteiger partial charge in [-0.3, -0.25) is 4.79 Å². The Bertz CT molecular complexity index is 1300. The number of aryl methyl sites for hydroxylation is 1. The van der Waals surface area contributed by atoms with E-state index in [0.717, 1.165) is 21.7 Å². The van der Waals surface area contributed by atoms with Gasteiger partial charge in [0.15, 0.2) is 0 Å². The van der Waals surface area contributed by atoms with Crippen molar-refractivity contribution in [3.63, 3.8) is 0 Å². The average molecular weight is 457 g/mol. The summed E-state index contributed by atoms with van der Waals surface area (Å²) in [6.45, 7) is 3.15. The smallest absolute Gasteiger partial charge is 0.319 e. The van der Waals surface area contributed by atoms with Gasteiger partial charge in [-0.2, -0.15) is 0 Å². The van der Waals surface area contributed by atoms with Crippen LogP contribution >= 0.6 is 11.3 Å². The molecule has 0 bridgehead atoms. The molecule has 1 saturated heterocycles. The van der Waals surface area contributed by atoms with E-state index in [4.69, 9.17) is 4.98 Å². The molecule has 1 fully saturated rings. The summed E-state index contributed by atoms with van der Waals surface area (Å²) in [5, 5.41) is 6.74. The van der Waals surface area contributed by atoms with Crippen LogP contribution in [0.5, 0.6) is 0 Å². The molecule has 33 heavy (non-hydrogen) atoms.